The third-order valence-electron chi connectivity index (χ3n) is 5.49. The van der Waals surface area contributed by atoms with E-state index in [-0.39, 0.29) is 5.60 Å². The Kier molecular flexibility index (Phi) is 3.32. The molecule has 0 aliphatic heterocycles. The molecule has 0 aromatic heterocycles. The molecule has 104 valence electrons. The zero-order valence-electron chi connectivity index (χ0n) is 12.5. The summed E-state index contributed by atoms with van der Waals surface area (Å²) in [4.78, 5) is 0. The maximum atomic E-state index is 6.43. The third kappa shape index (κ3) is 2.40. The molecule has 1 heteroatoms. The summed E-state index contributed by atoms with van der Waals surface area (Å²) >= 11 is 0. The number of ether oxygens (including phenoxy) is 1. The van der Waals surface area contributed by atoms with Gasteiger partial charge in [-0.2, -0.15) is 0 Å². The molecule has 0 N–H and O–H groups in total. The molecule has 4 atom stereocenters. The minimum Gasteiger partial charge on any atom is -0.487 e. The van der Waals surface area contributed by atoms with Crippen molar-refractivity contribution in [3.63, 3.8) is 0 Å². The molecule has 2 aliphatic rings. The van der Waals surface area contributed by atoms with Crippen molar-refractivity contribution in [2.45, 2.75) is 64.4 Å². The van der Waals surface area contributed by atoms with E-state index in [1.54, 1.807) is 0 Å². The van der Waals surface area contributed by atoms with E-state index in [0.29, 0.717) is 5.92 Å². The minimum absolute atomic E-state index is 0.0942. The standard InChI is InChI=1S/C18H26O/c1-4-13(2)15-6-5-7-17(11-15)19-18(3)12-14-8-9-16(18)10-14/h5-7,11,13-14,16H,4,8-10,12H2,1-3H3. The Morgan fingerprint density at radius 2 is 2.21 bits per heavy atom. The second-order valence-corrected chi connectivity index (χ2v) is 6.88. The highest BCUT2D eigenvalue weighted by molar-refractivity contribution is 5.31. The van der Waals surface area contributed by atoms with Crippen molar-refractivity contribution in [3.8, 4) is 5.75 Å². The van der Waals surface area contributed by atoms with Gasteiger partial charge in [-0.05, 0) is 74.5 Å². The summed E-state index contributed by atoms with van der Waals surface area (Å²) in [5.74, 6) is 3.40. The first-order valence-electron chi connectivity index (χ1n) is 7.89. The predicted molar refractivity (Wildman–Crippen MR) is 79.6 cm³/mol. The van der Waals surface area contributed by atoms with Crippen molar-refractivity contribution < 1.29 is 4.74 Å². The lowest BCUT2D eigenvalue weighted by atomic mass is 9.85. The Bertz CT molecular complexity index is 453. The first-order valence-corrected chi connectivity index (χ1v) is 7.89. The van der Waals surface area contributed by atoms with Gasteiger partial charge in [0.25, 0.3) is 0 Å². The molecule has 0 radical (unpaired) electrons. The zero-order valence-corrected chi connectivity index (χ0v) is 12.5. The van der Waals surface area contributed by atoms with Crippen molar-refractivity contribution in [2.24, 2.45) is 11.8 Å². The van der Waals surface area contributed by atoms with Crippen LogP contribution in [0.5, 0.6) is 5.75 Å². The van der Waals surface area contributed by atoms with Crippen molar-refractivity contribution in [3.05, 3.63) is 29.8 Å². The maximum Gasteiger partial charge on any atom is 0.120 e. The van der Waals surface area contributed by atoms with Gasteiger partial charge < -0.3 is 4.74 Å². The number of hydrogen-bond acceptors (Lipinski definition) is 1. The topological polar surface area (TPSA) is 9.23 Å². The summed E-state index contributed by atoms with van der Waals surface area (Å²) in [5.41, 5.74) is 1.50. The number of fused-ring (bicyclic) bond motifs is 2. The fraction of sp³-hybridized carbons (Fsp3) is 0.667. The minimum atomic E-state index is 0.0942. The number of hydrogen-bond donors (Lipinski definition) is 0. The average molecular weight is 258 g/mol. The van der Waals surface area contributed by atoms with E-state index in [2.05, 4.69) is 45.0 Å². The second-order valence-electron chi connectivity index (χ2n) is 6.88. The van der Waals surface area contributed by atoms with Crippen LogP contribution >= 0.6 is 0 Å². The van der Waals surface area contributed by atoms with Gasteiger partial charge in [0.1, 0.15) is 11.4 Å². The van der Waals surface area contributed by atoms with Gasteiger partial charge in [-0.15, -0.1) is 0 Å². The Morgan fingerprint density at radius 1 is 1.37 bits per heavy atom. The van der Waals surface area contributed by atoms with Crippen LogP contribution in [-0.4, -0.2) is 5.60 Å². The number of benzene rings is 1. The molecule has 2 fully saturated rings. The summed E-state index contributed by atoms with van der Waals surface area (Å²) in [6.45, 7) is 6.86. The molecule has 3 rings (SSSR count). The Labute approximate surface area is 117 Å². The Hall–Kier alpha value is -0.980. The van der Waals surface area contributed by atoms with Gasteiger partial charge >= 0.3 is 0 Å². The van der Waals surface area contributed by atoms with Gasteiger partial charge in [0.05, 0.1) is 0 Å². The summed E-state index contributed by atoms with van der Waals surface area (Å²) in [7, 11) is 0. The SMILES string of the molecule is CCC(C)c1cccc(OC2(C)CC3CCC2C3)c1. The van der Waals surface area contributed by atoms with Gasteiger partial charge in [-0.1, -0.05) is 26.0 Å². The molecule has 0 spiro atoms. The molecule has 0 saturated heterocycles. The number of rotatable bonds is 4. The van der Waals surface area contributed by atoms with Crippen LogP contribution in [0.2, 0.25) is 0 Å². The molecule has 0 amide bonds. The molecular weight excluding hydrogens is 232 g/mol. The lowest BCUT2D eigenvalue weighted by Crippen LogP contribution is -2.38. The lowest BCUT2D eigenvalue weighted by molar-refractivity contribution is 0.0313. The summed E-state index contributed by atoms with van der Waals surface area (Å²) in [6.07, 6.45) is 6.63. The van der Waals surface area contributed by atoms with Crippen molar-refractivity contribution in [1.29, 1.82) is 0 Å². The van der Waals surface area contributed by atoms with Gasteiger partial charge in [0.2, 0.25) is 0 Å². The molecule has 2 bridgehead atoms. The largest absolute Gasteiger partial charge is 0.487 e. The molecule has 2 saturated carbocycles. The first-order chi connectivity index (χ1) is 9.10. The third-order valence-corrected chi connectivity index (χ3v) is 5.49. The fourth-order valence-electron chi connectivity index (χ4n) is 4.07. The van der Waals surface area contributed by atoms with E-state index >= 15 is 0 Å². The molecule has 1 aromatic carbocycles. The Balaban J connectivity index is 1.76. The quantitative estimate of drug-likeness (QED) is 0.725. The molecule has 4 unspecified atom stereocenters. The lowest BCUT2D eigenvalue weighted by Gasteiger charge is -2.35. The summed E-state index contributed by atoms with van der Waals surface area (Å²) in [5, 5.41) is 0. The Morgan fingerprint density at radius 3 is 2.84 bits per heavy atom. The van der Waals surface area contributed by atoms with Crippen LogP contribution < -0.4 is 4.74 Å². The zero-order chi connectivity index (χ0) is 13.5. The van der Waals surface area contributed by atoms with Crippen LogP contribution in [0.3, 0.4) is 0 Å². The smallest absolute Gasteiger partial charge is 0.120 e. The average Bonchev–Trinajstić information content (AvgIpc) is 2.97. The van der Waals surface area contributed by atoms with Crippen molar-refractivity contribution in [1.82, 2.24) is 0 Å². The summed E-state index contributed by atoms with van der Waals surface area (Å²) in [6, 6.07) is 8.76. The fourth-order valence-corrected chi connectivity index (χ4v) is 4.07. The van der Waals surface area contributed by atoms with Crippen LogP contribution in [0.25, 0.3) is 0 Å². The molecule has 1 aromatic rings. The van der Waals surface area contributed by atoms with Gasteiger partial charge in [0.15, 0.2) is 0 Å². The first kappa shape index (κ1) is 13.0. The van der Waals surface area contributed by atoms with Crippen molar-refractivity contribution in [2.75, 3.05) is 0 Å². The van der Waals surface area contributed by atoms with Crippen LogP contribution in [-0.2, 0) is 0 Å². The molecule has 0 heterocycles. The summed E-state index contributed by atoms with van der Waals surface area (Å²) < 4.78 is 6.43. The molecular formula is C18H26O. The van der Waals surface area contributed by atoms with E-state index in [1.807, 2.05) is 0 Å². The van der Waals surface area contributed by atoms with E-state index in [9.17, 15) is 0 Å². The van der Waals surface area contributed by atoms with Crippen molar-refractivity contribution >= 4 is 0 Å². The highest BCUT2D eigenvalue weighted by Gasteiger charge is 2.49. The van der Waals surface area contributed by atoms with E-state index in [4.69, 9.17) is 4.74 Å². The monoisotopic (exact) mass is 258 g/mol. The highest BCUT2D eigenvalue weighted by atomic mass is 16.5. The normalized spacial score (nSPS) is 34.5. The predicted octanol–water partition coefficient (Wildman–Crippen LogP) is 5.16. The molecule has 1 nitrogen and oxygen atoms in total. The van der Waals surface area contributed by atoms with Gasteiger partial charge in [-0.25, -0.2) is 0 Å². The van der Waals surface area contributed by atoms with E-state index < -0.39 is 0 Å². The van der Waals surface area contributed by atoms with Crippen LogP contribution in [0, 0.1) is 11.8 Å². The van der Waals surface area contributed by atoms with Crippen LogP contribution in [0.4, 0.5) is 0 Å². The maximum absolute atomic E-state index is 6.43. The van der Waals surface area contributed by atoms with Gasteiger partial charge in [-0.3, -0.25) is 0 Å². The van der Waals surface area contributed by atoms with Crippen LogP contribution in [0.15, 0.2) is 24.3 Å². The molecule has 2 aliphatic carbocycles. The second kappa shape index (κ2) is 4.85. The van der Waals surface area contributed by atoms with E-state index in [0.717, 1.165) is 17.6 Å². The highest BCUT2D eigenvalue weighted by Crippen LogP contribution is 2.52. The molecule has 19 heavy (non-hydrogen) atoms. The van der Waals surface area contributed by atoms with Gasteiger partial charge in [0, 0.05) is 0 Å². The van der Waals surface area contributed by atoms with E-state index in [1.165, 1.54) is 37.7 Å². The van der Waals surface area contributed by atoms with Crippen LogP contribution in [0.1, 0.15) is 64.4 Å².